The summed E-state index contributed by atoms with van der Waals surface area (Å²) in [6, 6.07) is 0. The number of fused-ring (bicyclic) bond motifs is 5. The lowest BCUT2D eigenvalue weighted by molar-refractivity contribution is -0.0590. The molecule has 1 heteroatoms. The molecule has 0 saturated heterocycles. The first-order valence-electron chi connectivity index (χ1n) is 13.6. The van der Waals surface area contributed by atoms with Crippen LogP contribution in [0.5, 0.6) is 0 Å². The first-order chi connectivity index (χ1) is 14.5. The smallest absolute Gasteiger partial charge is 0.0577 e. The first-order valence-corrected chi connectivity index (χ1v) is 13.6. The number of hydrogen-bond acceptors (Lipinski definition) is 1. The Bertz CT molecular complexity index is 779. The number of rotatable bonds is 4. The van der Waals surface area contributed by atoms with E-state index in [4.69, 9.17) is 0 Å². The van der Waals surface area contributed by atoms with Gasteiger partial charge in [-0.15, -0.1) is 0 Å². The van der Waals surface area contributed by atoms with E-state index in [0.717, 1.165) is 48.3 Å². The van der Waals surface area contributed by atoms with Crippen molar-refractivity contribution in [3.8, 4) is 0 Å². The molecule has 4 fully saturated rings. The Labute approximate surface area is 192 Å². The predicted octanol–water partition coefficient (Wildman–Crippen LogP) is 7.80. The molecule has 0 heterocycles. The highest BCUT2D eigenvalue weighted by Crippen LogP contribution is 2.71. The molecule has 0 aromatic rings. The van der Waals surface area contributed by atoms with Crippen molar-refractivity contribution in [3.63, 3.8) is 0 Å². The molecule has 5 aliphatic rings. The van der Waals surface area contributed by atoms with Crippen LogP contribution in [-0.2, 0) is 0 Å². The third kappa shape index (κ3) is 3.11. The van der Waals surface area contributed by atoms with E-state index in [2.05, 4.69) is 54.2 Å². The number of aliphatic hydroxyl groups is 1. The third-order valence-electron chi connectivity index (χ3n) is 12.5. The van der Waals surface area contributed by atoms with Crippen molar-refractivity contribution in [3.05, 3.63) is 23.8 Å². The summed E-state index contributed by atoms with van der Waals surface area (Å²) in [5.41, 5.74) is 4.41. The highest BCUT2D eigenvalue weighted by molar-refractivity contribution is 5.25. The van der Waals surface area contributed by atoms with Gasteiger partial charge in [0, 0.05) is 0 Å². The van der Waals surface area contributed by atoms with Crippen molar-refractivity contribution >= 4 is 0 Å². The van der Waals surface area contributed by atoms with E-state index in [0.29, 0.717) is 22.2 Å². The quantitative estimate of drug-likeness (QED) is 0.456. The standard InChI is InChI=1S/C30H48O/c1-18(2)20(4)30(7)17-27(30)19(3)24-10-11-25-23-9-8-21-16-22(31)12-14-28(21,5)26(23)13-15-29(24,25)6/h8,19-20,22-27,31H,1,9-17H2,2-7H3. The number of hydrogen-bond donors (Lipinski definition) is 1. The summed E-state index contributed by atoms with van der Waals surface area (Å²) in [7, 11) is 0. The Hall–Kier alpha value is -0.560. The van der Waals surface area contributed by atoms with Crippen LogP contribution in [0.25, 0.3) is 0 Å². The average Bonchev–Trinajstić information content (AvgIpc) is 3.29. The van der Waals surface area contributed by atoms with Gasteiger partial charge in [0.15, 0.2) is 0 Å². The lowest BCUT2D eigenvalue weighted by Crippen LogP contribution is -2.51. The first kappa shape index (κ1) is 22.2. The summed E-state index contributed by atoms with van der Waals surface area (Å²) < 4.78 is 0. The van der Waals surface area contributed by atoms with Crippen LogP contribution in [0.15, 0.2) is 23.8 Å². The van der Waals surface area contributed by atoms with Crippen molar-refractivity contribution in [2.45, 2.75) is 105 Å². The van der Waals surface area contributed by atoms with Crippen LogP contribution in [0.3, 0.4) is 0 Å². The van der Waals surface area contributed by atoms with E-state index in [-0.39, 0.29) is 6.10 Å². The minimum atomic E-state index is -0.0871. The van der Waals surface area contributed by atoms with Crippen molar-refractivity contribution in [2.24, 2.45) is 57.7 Å². The van der Waals surface area contributed by atoms with Crippen molar-refractivity contribution in [2.75, 3.05) is 0 Å². The summed E-state index contributed by atoms with van der Waals surface area (Å²) in [5.74, 6) is 5.99. The van der Waals surface area contributed by atoms with Crippen LogP contribution in [0, 0.1) is 57.7 Å². The van der Waals surface area contributed by atoms with Gasteiger partial charge in [-0.2, -0.15) is 0 Å². The zero-order valence-corrected chi connectivity index (χ0v) is 21.2. The monoisotopic (exact) mass is 424 g/mol. The zero-order chi connectivity index (χ0) is 22.3. The molecule has 0 aromatic heterocycles. The van der Waals surface area contributed by atoms with Crippen LogP contribution in [0.4, 0.5) is 0 Å². The van der Waals surface area contributed by atoms with Gasteiger partial charge in [-0.25, -0.2) is 0 Å². The molecule has 11 atom stereocenters. The van der Waals surface area contributed by atoms with Gasteiger partial charge in [0.05, 0.1) is 6.10 Å². The topological polar surface area (TPSA) is 20.2 Å². The molecule has 174 valence electrons. The van der Waals surface area contributed by atoms with E-state index < -0.39 is 0 Å². The van der Waals surface area contributed by atoms with Gasteiger partial charge >= 0.3 is 0 Å². The van der Waals surface area contributed by atoms with Crippen LogP contribution in [-0.4, -0.2) is 11.2 Å². The summed E-state index contributed by atoms with van der Waals surface area (Å²) >= 11 is 0. The lowest BCUT2D eigenvalue weighted by atomic mass is 9.47. The molecule has 1 N–H and O–H groups in total. The molecule has 0 bridgehead atoms. The van der Waals surface area contributed by atoms with E-state index in [1.165, 1.54) is 50.5 Å². The maximum atomic E-state index is 10.3. The molecule has 5 aliphatic carbocycles. The Morgan fingerprint density at radius 3 is 2.48 bits per heavy atom. The molecule has 4 saturated carbocycles. The second kappa shape index (κ2) is 7.22. The third-order valence-corrected chi connectivity index (χ3v) is 12.5. The fourth-order valence-electron chi connectivity index (χ4n) is 10.1. The van der Waals surface area contributed by atoms with Crippen LogP contribution in [0.1, 0.15) is 99.3 Å². The van der Waals surface area contributed by atoms with Gasteiger partial charge in [-0.05, 0) is 122 Å². The van der Waals surface area contributed by atoms with E-state index in [9.17, 15) is 5.11 Å². The minimum absolute atomic E-state index is 0.0871. The maximum Gasteiger partial charge on any atom is 0.0577 e. The summed E-state index contributed by atoms with van der Waals surface area (Å²) in [6.07, 6.45) is 14.2. The fourth-order valence-corrected chi connectivity index (χ4v) is 10.1. The van der Waals surface area contributed by atoms with Crippen LogP contribution in [0.2, 0.25) is 0 Å². The van der Waals surface area contributed by atoms with E-state index >= 15 is 0 Å². The van der Waals surface area contributed by atoms with Gasteiger partial charge in [-0.1, -0.05) is 58.4 Å². The van der Waals surface area contributed by atoms with Crippen LogP contribution < -0.4 is 0 Å². The molecule has 0 radical (unpaired) electrons. The van der Waals surface area contributed by atoms with Crippen LogP contribution >= 0.6 is 0 Å². The van der Waals surface area contributed by atoms with Crippen molar-refractivity contribution < 1.29 is 5.11 Å². The fraction of sp³-hybridized carbons (Fsp3) is 0.867. The molecular weight excluding hydrogens is 376 g/mol. The second-order valence-electron chi connectivity index (χ2n) is 13.6. The van der Waals surface area contributed by atoms with Gasteiger partial charge in [0.25, 0.3) is 0 Å². The number of aliphatic hydroxyl groups excluding tert-OH is 1. The highest BCUT2D eigenvalue weighted by atomic mass is 16.3. The average molecular weight is 425 g/mol. The summed E-state index contributed by atoms with van der Waals surface area (Å²) in [6.45, 7) is 19.4. The van der Waals surface area contributed by atoms with Crippen molar-refractivity contribution in [1.29, 1.82) is 0 Å². The minimum Gasteiger partial charge on any atom is -0.393 e. The summed E-state index contributed by atoms with van der Waals surface area (Å²) in [5, 5.41) is 10.3. The molecule has 0 aromatic carbocycles. The lowest BCUT2D eigenvalue weighted by Gasteiger charge is -2.58. The van der Waals surface area contributed by atoms with Gasteiger partial charge in [0.1, 0.15) is 0 Å². The van der Waals surface area contributed by atoms with Gasteiger partial charge < -0.3 is 5.11 Å². The summed E-state index contributed by atoms with van der Waals surface area (Å²) in [4.78, 5) is 0. The molecular formula is C30H48O. The Kier molecular flexibility index (Phi) is 5.18. The Morgan fingerprint density at radius 1 is 1.03 bits per heavy atom. The van der Waals surface area contributed by atoms with Gasteiger partial charge in [-0.3, -0.25) is 0 Å². The Morgan fingerprint density at radius 2 is 1.77 bits per heavy atom. The molecule has 1 nitrogen and oxygen atoms in total. The van der Waals surface area contributed by atoms with Crippen molar-refractivity contribution in [1.82, 2.24) is 0 Å². The maximum absolute atomic E-state index is 10.3. The SMILES string of the molecule is C=C(C)C(C)C1(C)CC1C(C)C1CCC2C3CC=C4CC(O)CCC4(C)C3CCC12C. The largest absolute Gasteiger partial charge is 0.393 e. The molecule has 0 aliphatic heterocycles. The predicted molar refractivity (Wildman–Crippen MR) is 131 cm³/mol. The zero-order valence-electron chi connectivity index (χ0n) is 21.2. The number of allylic oxidation sites excluding steroid dienone is 2. The normalized spacial score (nSPS) is 52.9. The molecule has 0 spiro atoms. The van der Waals surface area contributed by atoms with E-state index in [1.54, 1.807) is 5.57 Å². The molecule has 11 unspecified atom stereocenters. The Balaban J connectivity index is 1.36. The molecule has 31 heavy (non-hydrogen) atoms. The molecule has 5 rings (SSSR count). The van der Waals surface area contributed by atoms with E-state index in [1.807, 2.05) is 0 Å². The van der Waals surface area contributed by atoms with Gasteiger partial charge in [0.2, 0.25) is 0 Å². The molecule has 0 amide bonds. The second-order valence-corrected chi connectivity index (χ2v) is 13.6. The highest BCUT2D eigenvalue weighted by Gasteiger charge is 2.63.